The molecule has 2 amide bonds. The molecule has 0 saturated carbocycles. The van der Waals surface area contributed by atoms with Gasteiger partial charge in [0.25, 0.3) is 11.8 Å². The second-order valence-electron chi connectivity index (χ2n) is 6.48. The Morgan fingerprint density at radius 3 is 2.69 bits per heavy atom. The van der Waals surface area contributed by atoms with Crippen molar-refractivity contribution in [1.29, 1.82) is 0 Å². The summed E-state index contributed by atoms with van der Waals surface area (Å²) < 4.78 is 7.02. The number of amides is 2. The molecule has 0 aliphatic carbocycles. The number of carbonyl (C=O) groups excluding carboxylic acids is 2. The lowest BCUT2D eigenvalue weighted by molar-refractivity contribution is 0.0383. The van der Waals surface area contributed by atoms with Gasteiger partial charge in [0.2, 0.25) is 0 Å². The molecular weight excluding hydrogens is 334 g/mol. The highest BCUT2D eigenvalue weighted by molar-refractivity contribution is 6.04. The van der Waals surface area contributed by atoms with Gasteiger partial charge < -0.3 is 24.9 Å². The molecule has 3 heterocycles. The molecule has 0 bridgehead atoms. The molecule has 3 rings (SSSR count). The van der Waals surface area contributed by atoms with Crippen molar-refractivity contribution >= 4 is 17.5 Å². The van der Waals surface area contributed by atoms with E-state index in [4.69, 9.17) is 4.74 Å². The Labute approximate surface area is 152 Å². The van der Waals surface area contributed by atoms with Gasteiger partial charge in [0.1, 0.15) is 11.4 Å². The van der Waals surface area contributed by atoms with Crippen LogP contribution in [0.2, 0.25) is 0 Å². The van der Waals surface area contributed by atoms with Gasteiger partial charge in [0, 0.05) is 45.6 Å². The van der Waals surface area contributed by atoms with Gasteiger partial charge in [0.15, 0.2) is 0 Å². The first-order valence-corrected chi connectivity index (χ1v) is 8.74. The number of morpholine rings is 1. The van der Waals surface area contributed by atoms with E-state index in [2.05, 4.69) is 20.5 Å². The average Bonchev–Trinajstić information content (AvgIpc) is 3.21. The van der Waals surface area contributed by atoms with Crippen molar-refractivity contribution in [2.45, 2.75) is 6.92 Å². The Kier molecular flexibility index (Phi) is 5.75. The van der Waals surface area contributed by atoms with Crippen LogP contribution in [0.3, 0.4) is 0 Å². The maximum absolute atomic E-state index is 12.4. The summed E-state index contributed by atoms with van der Waals surface area (Å²) in [5.41, 5.74) is 2.57. The summed E-state index contributed by atoms with van der Waals surface area (Å²) in [4.78, 5) is 29.8. The van der Waals surface area contributed by atoms with Gasteiger partial charge in [-0.05, 0) is 24.6 Å². The summed E-state index contributed by atoms with van der Waals surface area (Å²) in [7, 11) is 1.78. The van der Waals surface area contributed by atoms with Crippen LogP contribution in [0.4, 0.5) is 5.69 Å². The Hall–Kier alpha value is -2.58. The monoisotopic (exact) mass is 359 g/mol. The first-order chi connectivity index (χ1) is 12.5. The molecule has 26 heavy (non-hydrogen) atoms. The summed E-state index contributed by atoms with van der Waals surface area (Å²) in [6.45, 7) is 6.57. The average molecular weight is 359 g/mol. The number of nitrogens with one attached hydrogen (secondary N) is 3. The highest BCUT2D eigenvalue weighted by atomic mass is 16.5. The predicted octanol–water partition coefficient (Wildman–Crippen LogP) is 0.976. The van der Waals surface area contributed by atoms with Crippen molar-refractivity contribution in [3.05, 3.63) is 41.5 Å². The number of nitrogens with zero attached hydrogens (tertiary/aromatic N) is 2. The van der Waals surface area contributed by atoms with E-state index in [0.717, 1.165) is 38.4 Å². The minimum Gasteiger partial charge on any atom is -0.379 e. The molecule has 1 saturated heterocycles. The van der Waals surface area contributed by atoms with Gasteiger partial charge in [-0.2, -0.15) is 0 Å². The fourth-order valence-electron chi connectivity index (χ4n) is 2.93. The molecule has 0 spiro atoms. The lowest BCUT2D eigenvalue weighted by Crippen LogP contribution is -2.41. The third-order valence-electron chi connectivity index (χ3n) is 4.38. The van der Waals surface area contributed by atoms with Crippen molar-refractivity contribution in [3.8, 4) is 0 Å². The molecule has 140 valence electrons. The zero-order valence-electron chi connectivity index (χ0n) is 15.2. The Morgan fingerprint density at radius 1 is 1.23 bits per heavy atom. The quantitative estimate of drug-likeness (QED) is 0.717. The minimum atomic E-state index is -0.233. The van der Waals surface area contributed by atoms with Crippen molar-refractivity contribution < 1.29 is 14.3 Å². The Balaban J connectivity index is 1.53. The molecule has 0 atom stereocenters. The number of ether oxygens (including phenoxy) is 1. The fourth-order valence-corrected chi connectivity index (χ4v) is 2.93. The molecule has 3 N–H and O–H groups in total. The first-order valence-electron chi connectivity index (χ1n) is 8.74. The molecule has 0 radical (unpaired) electrons. The van der Waals surface area contributed by atoms with Crippen molar-refractivity contribution in [2.24, 2.45) is 7.05 Å². The Morgan fingerprint density at radius 2 is 2.00 bits per heavy atom. The smallest absolute Gasteiger partial charge is 0.272 e. The normalized spacial score (nSPS) is 15.0. The highest BCUT2D eigenvalue weighted by Crippen LogP contribution is 2.14. The standard InChI is InChI=1S/C18H25N5O3/c1-13-9-15(20-11-13)17(24)21-14-10-16(22(2)12-14)18(25)19-3-4-23-5-7-26-8-6-23/h9-12,20H,3-8H2,1-2H3,(H,19,25)(H,21,24). The van der Waals surface area contributed by atoms with Gasteiger partial charge >= 0.3 is 0 Å². The first kappa shape index (κ1) is 18.2. The van der Waals surface area contributed by atoms with Gasteiger partial charge in [-0.25, -0.2) is 0 Å². The van der Waals surface area contributed by atoms with Crippen LogP contribution in [0.15, 0.2) is 24.5 Å². The predicted molar refractivity (Wildman–Crippen MR) is 98.5 cm³/mol. The van der Waals surface area contributed by atoms with Crippen molar-refractivity contribution in [1.82, 2.24) is 19.8 Å². The summed E-state index contributed by atoms with van der Waals surface area (Å²) >= 11 is 0. The molecule has 1 aliphatic heterocycles. The number of aromatic nitrogens is 2. The van der Waals surface area contributed by atoms with Gasteiger partial charge in [-0.15, -0.1) is 0 Å². The van der Waals surface area contributed by atoms with Gasteiger partial charge in [-0.3, -0.25) is 14.5 Å². The number of carbonyl (C=O) groups is 2. The second kappa shape index (κ2) is 8.20. The number of hydrogen-bond donors (Lipinski definition) is 3. The van der Waals surface area contributed by atoms with Crippen LogP contribution in [0.5, 0.6) is 0 Å². The summed E-state index contributed by atoms with van der Waals surface area (Å²) in [6.07, 6.45) is 3.50. The van der Waals surface area contributed by atoms with Crippen LogP contribution < -0.4 is 10.6 Å². The summed E-state index contributed by atoms with van der Waals surface area (Å²) in [5, 5.41) is 5.73. The molecule has 8 nitrogen and oxygen atoms in total. The number of anilines is 1. The van der Waals surface area contributed by atoms with Crippen LogP contribution in [0.1, 0.15) is 26.5 Å². The molecule has 1 fully saturated rings. The summed E-state index contributed by atoms with van der Waals surface area (Å²) in [5.74, 6) is -0.389. The van der Waals surface area contributed by atoms with Crippen LogP contribution in [-0.4, -0.2) is 65.7 Å². The minimum absolute atomic E-state index is 0.156. The van der Waals surface area contributed by atoms with Crippen LogP contribution >= 0.6 is 0 Å². The molecule has 2 aromatic heterocycles. The van der Waals surface area contributed by atoms with E-state index in [9.17, 15) is 9.59 Å². The maximum Gasteiger partial charge on any atom is 0.272 e. The second-order valence-corrected chi connectivity index (χ2v) is 6.48. The molecule has 0 unspecified atom stereocenters. The zero-order valence-corrected chi connectivity index (χ0v) is 15.2. The summed E-state index contributed by atoms with van der Waals surface area (Å²) in [6, 6.07) is 3.45. The zero-order chi connectivity index (χ0) is 18.5. The van der Waals surface area contributed by atoms with Crippen molar-refractivity contribution in [3.63, 3.8) is 0 Å². The largest absolute Gasteiger partial charge is 0.379 e. The Bertz CT molecular complexity index is 774. The fraction of sp³-hybridized carbons (Fsp3) is 0.444. The van der Waals surface area contributed by atoms with E-state index in [1.165, 1.54) is 0 Å². The molecule has 0 aromatic carbocycles. The molecule has 8 heteroatoms. The number of hydrogen-bond acceptors (Lipinski definition) is 4. The van der Waals surface area contributed by atoms with E-state index in [-0.39, 0.29) is 11.8 Å². The van der Waals surface area contributed by atoms with Gasteiger partial charge in [0.05, 0.1) is 18.9 Å². The van der Waals surface area contributed by atoms with Gasteiger partial charge in [-0.1, -0.05) is 0 Å². The van der Waals surface area contributed by atoms with Crippen LogP contribution in [0, 0.1) is 6.92 Å². The number of H-pyrrole nitrogens is 1. The number of rotatable bonds is 6. The lowest BCUT2D eigenvalue weighted by Gasteiger charge is -2.26. The van der Waals surface area contributed by atoms with E-state index in [0.29, 0.717) is 23.6 Å². The highest BCUT2D eigenvalue weighted by Gasteiger charge is 2.15. The molecule has 2 aromatic rings. The van der Waals surface area contributed by atoms with E-state index in [1.54, 1.807) is 36.1 Å². The molecular formula is C18H25N5O3. The number of aromatic amines is 1. The van der Waals surface area contributed by atoms with E-state index >= 15 is 0 Å². The topological polar surface area (TPSA) is 91.4 Å². The molecule has 1 aliphatic rings. The SMILES string of the molecule is Cc1c[nH]c(C(=O)Nc2cc(C(=O)NCCN3CCOCC3)n(C)c2)c1. The third-order valence-corrected chi connectivity index (χ3v) is 4.38. The van der Waals surface area contributed by atoms with Crippen molar-refractivity contribution in [2.75, 3.05) is 44.7 Å². The van der Waals surface area contributed by atoms with E-state index < -0.39 is 0 Å². The van der Waals surface area contributed by atoms with Crippen LogP contribution in [-0.2, 0) is 11.8 Å². The van der Waals surface area contributed by atoms with E-state index in [1.807, 2.05) is 6.92 Å². The lowest BCUT2D eigenvalue weighted by atomic mass is 10.3. The van der Waals surface area contributed by atoms with Crippen LogP contribution in [0.25, 0.3) is 0 Å². The number of aryl methyl sites for hydroxylation is 2. The maximum atomic E-state index is 12.4. The third kappa shape index (κ3) is 4.53.